The molecule has 1 aromatic carbocycles. The first kappa shape index (κ1) is 14.9. The molecule has 0 unspecified atom stereocenters. The van der Waals surface area contributed by atoms with Gasteiger partial charge in [-0.15, -0.1) is 0 Å². The lowest BCUT2D eigenvalue weighted by Gasteiger charge is -2.29. The third-order valence-corrected chi connectivity index (χ3v) is 4.33. The maximum atomic E-state index is 12.6. The standard InChI is InChI=1S/C17H25NO2/c1-4-6-10-17(11-7-5-2)16-12-15(20-3)9-8-14(16)13-18(17)19/h8-9,12-13H,4-7,10-11H2,1-3H3. The second-order valence-corrected chi connectivity index (χ2v) is 5.65. The number of methoxy groups -OCH3 is 1. The van der Waals surface area contributed by atoms with Crippen LogP contribution < -0.4 is 4.74 Å². The van der Waals surface area contributed by atoms with Gasteiger partial charge in [-0.2, -0.15) is 0 Å². The van der Waals surface area contributed by atoms with Crippen LogP contribution in [0.5, 0.6) is 5.75 Å². The molecule has 0 fully saturated rings. The number of nitrogens with zero attached hydrogens (tertiary/aromatic N) is 1. The molecule has 0 aromatic heterocycles. The van der Waals surface area contributed by atoms with Crippen molar-refractivity contribution in [1.82, 2.24) is 0 Å². The van der Waals surface area contributed by atoms with Gasteiger partial charge in [-0.25, -0.2) is 4.74 Å². The second kappa shape index (κ2) is 6.29. The van der Waals surface area contributed by atoms with Gasteiger partial charge in [0.15, 0.2) is 11.8 Å². The largest absolute Gasteiger partial charge is 0.623 e. The Kier molecular flexibility index (Phi) is 4.69. The Morgan fingerprint density at radius 3 is 2.35 bits per heavy atom. The van der Waals surface area contributed by atoms with E-state index in [-0.39, 0.29) is 5.54 Å². The molecule has 0 atom stereocenters. The molecular formula is C17H25NO2. The van der Waals surface area contributed by atoms with Gasteiger partial charge in [0.1, 0.15) is 5.75 Å². The van der Waals surface area contributed by atoms with Crippen molar-refractivity contribution in [3.8, 4) is 5.75 Å². The Labute approximate surface area is 121 Å². The fraction of sp³-hybridized carbons (Fsp3) is 0.588. The van der Waals surface area contributed by atoms with E-state index >= 15 is 0 Å². The Bertz CT molecular complexity index is 486. The highest BCUT2D eigenvalue weighted by Crippen LogP contribution is 2.42. The minimum absolute atomic E-state index is 0.379. The fourth-order valence-electron chi connectivity index (χ4n) is 3.10. The number of hydrogen-bond acceptors (Lipinski definition) is 2. The minimum Gasteiger partial charge on any atom is -0.623 e. The molecule has 0 saturated carbocycles. The third-order valence-electron chi connectivity index (χ3n) is 4.33. The summed E-state index contributed by atoms with van der Waals surface area (Å²) in [5.41, 5.74) is 1.82. The van der Waals surface area contributed by atoms with Gasteiger partial charge in [-0.3, -0.25) is 0 Å². The van der Waals surface area contributed by atoms with E-state index in [4.69, 9.17) is 4.74 Å². The zero-order chi connectivity index (χ0) is 14.6. The van der Waals surface area contributed by atoms with E-state index in [9.17, 15) is 5.21 Å². The summed E-state index contributed by atoms with van der Waals surface area (Å²) >= 11 is 0. The lowest BCUT2D eigenvalue weighted by atomic mass is 9.81. The van der Waals surface area contributed by atoms with Gasteiger partial charge in [-0.05, 0) is 31.0 Å². The van der Waals surface area contributed by atoms with Crippen LogP contribution in [-0.2, 0) is 5.54 Å². The maximum absolute atomic E-state index is 12.6. The minimum atomic E-state index is -0.379. The molecule has 0 saturated heterocycles. The van der Waals surface area contributed by atoms with Crippen LogP contribution in [0.3, 0.4) is 0 Å². The van der Waals surface area contributed by atoms with Gasteiger partial charge < -0.3 is 9.94 Å². The van der Waals surface area contributed by atoms with Crippen LogP contribution >= 0.6 is 0 Å². The maximum Gasteiger partial charge on any atom is 0.199 e. The summed E-state index contributed by atoms with van der Waals surface area (Å²) in [6.07, 6.45) is 7.97. The number of fused-ring (bicyclic) bond motifs is 1. The van der Waals surface area contributed by atoms with Crippen LogP contribution in [0.4, 0.5) is 0 Å². The van der Waals surface area contributed by atoms with Crippen molar-refractivity contribution in [1.29, 1.82) is 0 Å². The van der Waals surface area contributed by atoms with E-state index < -0.39 is 0 Å². The molecule has 20 heavy (non-hydrogen) atoms. The zero-order valence-electron chi connectivity index (χ0n) is 12.8. The van der Waals surface area contributed by atoms with Gasteiger partial charge in [0.25, 0.3) is 0 Å². The molecule has 0 spiro atoms. The van der Waals surface area contributed by atoms with Gasteiger partial charge in [0.05, 0.1) is 7.11 Å². The van der Waals surface area contributed by atoms with Crippen LogP contribution in [0.15, 0.2) is 18.2 Å². The van der Waals surface area contributed by atoms with E-state index in [1.165, 1.54) is 4.74 Å². The first-order valence-corrected chi connectivity index (χ1v) is 7.67. The fourth-order valence-corrected chi connectivity index (χ4v) is 3.10. The van der Waals surface area contributed by atoms with Crippen LogP contribution in [-0.4, -0.2) is 18.1 Å². The molecule has 1 aliphatic heterocycles. The highest BCUT2D eigenvalue weighted by molar-refractivity contribution is 5.81. The van der Waals surface area contributed by atoms with Crippen LogP contribution in [0.1, 0.15) is 63.5 Å². The summed E-state index contributed by atoms with van der Waals surface area (Å²) in [6.45, 7) is 4.35. The van der Waals surface area contributed by atoms with Gasteiger partial charge in [-0.1, -0.05) is 26.7 Å². The molecule has 3 heteroatoms. The van der Waals surface area contributed by atoms with E-state index in [2.05, 4.69) is 19.9 Å². The summed E-state index contributed by atoms with van der Waals surface area (Å²) in [5, 5.41) is 12.6. The number of hydrogen-bond donors (Lipinski definition) is 0. The number of hydroxylamine groups is 1. The monoisotopic (exact) mass is 275 g/mol. The van der Waals surface area contributed by atoms with Gasteiger partial charge in [0.2, 0.25) is 0 Å². The SMILES string of the molecule is CCCCC1(CCCC)c2cc(OC)ccc2C=[N+]1[O-]. The highest BCUT2D eigenvalue weighted by atomic mass is 16.5. The topological polar surface area (TPSA) is 35.3 Å². The van der Waals surface area contributed by atoms with E-state index in [0.29, 0.717) is 0 Å². The van der Waals surface area contributed by atoms with E-state index in [1.807, 2.05) is 12.1 Å². The van der Waals surface area contributed by atoms with Gasteiger partial charge in [0, 0.05) is 24.0 Å². The van der Waals surface area contributed by atoms with Crippen LogP contribution in [0, 0.1) is 5.21 Å². The molecule has 0 N–H and O–H groups in total. The van der Waals surface area contributed by atoms with E-state index in [1.54, 1.807) is 13.3 Å². The molecule has 0 radical (unpaired) electrons. The lowest BCUT2D eigenvalue weighted by Crippen LogP contribution is -2.33. The Hall–Kier alpha value is -1.51. The normalized spacial score (nSPS) is 15.8. The number of ether oxygens (including phenoxy) is 1. The van der Waals surface area contributed by atoms with Crippen LogP contribution in [0.2, 0.25) is 0 Å². The quantitative estimate of drug-likeness (QED) is 0.552. The van der Waals surface area contributed by atoms with Crippen molar-refractivity contribution >= 4 is 6.21 Å². The van der Waals surface area contributed by atoms with E-state index in [0.717, 1.165) is 55.4 Å². The highest BCUT2D eigenvalue weighted by Gasteiger charge is 2.45. The number of unbranched alkanes of at least 4 members (excludes halogenated alkanes) is 2. The van der Waals surface area contributed by atoms with Crippen molar-refractivity contribution in [3.63, 3.8) is 0 Å². The number of benzene rings is 1. The Balaban J connectivity index is 2.42. The number of rotatable bonds is 7. The summed E-state index contributed by atoms with van der Waals surface area (Å²) in [6, 6.07) is 5.98. The van der Waals surface area contributed by atoms with Crippen molar-refractivity contribution < 1.29 is 9.48 Å². The van der Waals surface area contributed by atoms with Crippen molar-refractivity contribution in [2.75, 3.05) is 7.11 Å². The summed E-state index contributed by atoms with van der Waals surface area (Å²) in [5.74, 6) is 0.838. The average Bonchev–Trinajstić information content (AvgIpc) is 2.74. The third kappa shape index (κ3) is 2.54. The van der Waals surface area contributed by atoms with Crippen molar-refractivity contribution in [3.05, 3.63) is 34.5 Å². The molecular weight excluding hydrogens is 250 g/mol. The molecule has 1 heterocycles. The molecule has 110 valence electrons. The molecule has 2 rings (SSSR count). The molecule has 0 bridgehead atoms. The predicted octanol–water partition coefficient (Wildman–Crippen LogP) is 4.21. The smallest absolute Gasteiger partial charge is 0.199 e. The molecule has 0 aliphatic carbocycles. The summed E-state index contributed by atoms with van der Waals surface area (Å²) in [7, 11) is 1.68. The Morgan fingerprint density at radius 2 is 1.80 bits per heavy atom. The van der Waals surface area contributed by atoms with Crippen molar-refractivity contribution in [2.45, 2.75) is 57.9 Å². The van der Waals surface area contributed by atoms with Crippen molar-refractivity contribution in [2.24, 2.45) is 0 Å². The molecule has 1 aliphatic rings. The predicted molar refractivity (Wildman–Crippen MR) is 82.5 cm³/mol. The first-order chi connectivity index (χ1) is 9.67. The lowest BCUT2D eigenvalue weighted by molar-refractivity contribution is -0.554. The second-order valence-electron chi connectivity index (χ2n) is 5.65. The zero-order valence-corrected chi connectivity index (χ0v) is 12.8. The summed E-state index contributed by atoms with van der Waals surface area (Å²) in [4.78, 5) is 0. The Morgan fingerprint density at radius 1 is 1.15 bits per heavy atom. The first-order valence-electron chi connectivity index (χ1n) is 7.67. The molecule has 0 amide bonds. The summed E-state index contributed by atoms with van der Waals surface area (Å²) < 4.78 is 6.54. The molecule has 1 aromatic rings. The van der Waals surface area contributed by atoms with Crippen LogP contribution in [0.25, 0.3) is 0 Å². The van der Waals surface area contributed by atoms with Gasteiger partial charge >= 0.3 is 0 Å². The average molecular weight is 275 g/mol. The molecule has 3 nitrogen and oxygen atoms in total.